The Morgan fingerprint density at radius 1 is 1.20 bits per heavy atom. The van der Waals surface area contributed by atoms with Crippen LogP contribution in [0.3, 0.4) is 0 Å². The largest absolute Gasteiger partial charge is 0.475 e. The lowest BCUT2D eigenvalue weighted by Crippen LogP contribution is -2.44. The number of benzene rings is 1. The first-order valence-electron chi connectivity index (χ1n) is 10.5. The molecule has 7 heteroatoms. The Kier molecular flexibility index (Phi) is 6.40. The minimum atomic E-state index is 0.0294. The van der Waals surface area contributed by atoms with Gasteiger partial charge in [-0.3, -0.25) is 4.90 Å². The quantitative estimate of drug-likeness (QED) is 0.598. The van der Waals surface area contributed by atoms with E-state index in [1.54, 1.807) is 6.20 Å². The summed E-state index contributed by atoms with van der Waals surface area (Å²) in [6, 6.07) is 10.5. The van der Waals surface area contributed by atoms with Gasteiger partial charge in [0.05, 0.1) is 12.9 Å². The van der Waals surface area contributed by atoms with Gasteiger partial charge in [-0.1, -0.05) is 26.0 Å². The van der Waals surface area contributed by atoms with Gasteiger partial charge in [0.1, 0.15) is 18.5 Å². The number of morpholine rings is 1. The van der Waals surface area contributed by atoms with Crippen LogP contribution in [0.5, 0.6) is 5.88 Å². The van der Waals surface area contributed by atoms with Crippen LogP contribution in [0.15, 0.2) is 49.1 Å². The first kappa shape index (κ1) is 20.5. The number of nitrogens with zero attached hydrogens (tertiary/aromatic N) is 5. The third-order valence-corrected chi connectivity index (χ3v) is 5.15. The van der Waals surface area contributed by atoms with E-state index in [1.807, 2.05) is 30.1 Å². The Morgan fingerprint density at radius 2 is 2.03 bits per heavy atom. The van der Waals surface area contributed by atoms with Gasteiger partial charge in [-0.2, -0.15) is 4.98 Å². The van der Waals surface area contributed by atoms with Crippen molar-refractivity contribution in [2.75, 3.05) is 26.3 Å². The Morgan fingerprint density at radius 3 is 2.77 bits per heavy atom. The first-order chi connectivity index (χ1) is 14.6. The van der Waals surface area contributed by atoms with Crippen LogP contribution < -0.4 is 4.74 Å². The fraction of sp³-hybridized carbons (Fsp3) is 0.435. The molecule has 1 aliphatic heterocycles. The molecule has 0 N–H and O–H groups in total. The molecule has 0 spiro atoms. The van der Waals surface area contributed by atoms with Crippen molar-refractivity contribution in [2.45, 2.75) is 39.3 Å². The molecular formula is C23H29N5O2. The van der Waals surface area contributed by atoms with E-state index in [2.05, 4.69) is 58.0 Å². The van der Waals surface area contributed by atoms with Crippen LogP contribution >= 0.6 is 0 Å². The molecule has 0 aliphatic carbocycles. The number of imidazole rings is 1. The molecule has 0 amide bonds. The minimum Gasteiger partial charge on any atom is -0.475 e. The van der Waals surface area contributed by atoms with Gasteiger partial charge in [-0.15, -0.1) is 0 Å². The van der Waals surface area contributed by atoms with Gasteiger partial charge in [0.2, 0.25) is 5.88 Å². The van der Waals surface area contributed by atoms with Gasteiger partial charge >= 0.3 is 0 Å². The molecule has 158 valence electrons. The Balaban J connectivity index is 1.31. The van der Waals surface area contributed by atoms with Crippen molar-refractivity contribution >= 4 is 0 Å². The minimum absolute atomic E-state index is 0.0294. The van der Waals surface area contributed by atoms with Crippen LogP contribution in [-0.2, 0) is 11.3 Å². The summed E-state index contributed by atoms with van der Waals surface area (Å²) in [5, 5.41) is 0. The van der Waals surface area contributed by atoms with Gasteiger partial charge in [0, 0.05) is 55.4 Å². The molecule has 1 aromatic carbocycles. The molecule has 3 heterocycles. The van der Waals surface area contributed by atoms with E-state index in [-0.39, 0.29) is 12.0 Å². The van der Waals surface area contributed by atoms with Crippen LogP contribution in [0.25, 0.3) is 5.69 Å². The number of hydrogen-bond donors (Lipinski definition) is 0. The molecular weight excluding hydrogens is 378 g/mol. The van der Waals surface area contributed by atoms with E-state index in [0.717, 1.165) is 36.8 Å². The highest BCUT2D eigenvalue weighted by Crippen LogP contribution is 2.17. The molecule has 30 heavy (non-hydrogen) atoms. The lowest BCUT2D eigenvalue weighted by atomic mass is 10.1. The molecule has 1 saturated heterocycles. The normalized spacial score (nSPS) is 17.4. The number of aryl methyl sites for hydroxylation is 1. The summed E-state index contributed by atoms with van der Waals surface area (Å²) in [4.78, 5) is 15.5. The Hall–Kier alpha value is -2.77. The van der Waals surface area contributed by atoms with E-state index in [1.165, 1.54) is 5.56 Å². The van der Waals surface area contributed by atoms with Crippen molar-refractivity contribution in [1.82, 2.24) is 24.4 Å². The third kappa shape index (κ3) is 5.23. The fourth-order valence-corrected chi connectivity index (χ4v) is 3.54. The van der Waals surface area contributed by atoms with Crippen LogP contribution in [0.1, 0.15) is 36.8 Å². The average Bonchev–Trinajstić information content (AvgIpc) is 3.28. The molecule has 0 radical (unpaired) electrons. The molecule has 0 saturated carbocycles. The van der Waals surface area contributed by atoms with E-state index in [0.29, 0.717) is 19.1 Å². The van der Waals surface area contributed by atoms with Crippen molar-refractivity contribution < 1.29 is 9.47 Å². The van der Waals surface area contributed by atoms with Gasteiger partial charge in [-0.05, 0) is 24.6 Å². The maximum Gasteiger partial charge on any atom is 0.216 e. The summed E-state index contributed by atoms with van der Waals surface area (Å²) in [5.74, 6) is 1.71. The molecule has 0 bridgehead atoms. The molecule has 4 rings (SSSR count). The van der Waals surface area contributed by atoms with Crippen molar-refractivity contribution in [3.05, 3.63) is 66.1 Å². The second-order valence-corrected chi connectivity index (χ2v) is 8.04. The summed E-state index contributed by atoms with van der Waals surface area (Å²) >= 11 is 0. The van der Waals surface area contributed by atoms with Crippen molar-refractivity contribution in [2.24, 2.45) is 0 Å². The number of rotatable bonds is 7. The van der Waals surface area contributed by atoms with Gasteiger partial charge in [0.25, 0.3) is 0 Å². The van der Waals surface area contributed by atoms with Crippen LogP contribution in [0.4, 0.5) is 0 Å². The molecule has 1 atom stereocenters. The predicted molar refractivity (Wildman–Crippen MR) is 115 cm³/mol. The molecule has 7 nitrogen and oxygen atoms in total. The van der Waals surface area contributed by atoms with Crippen LogP contribution in [-0.4, -0.2) is 56.8 Å². The zero-order chi connectivity index (χ0) is 20.9. The topological polar surface area (TPSA) is 65.3 Å². The fourth-order valence-electron chi connectivity index (χ4n) is 3.54. The smallest absolute Gasteiger partial charge is 0.216 e. The molecule has 2 aromatic heterocycles. The molecule has 1 fully saturated rings. The molecule has 1 unspecified atom stereocenters. The lowest BCUT2D eigenvalue weighted by molar-refractivity contribution is -0.0510. The zero-order valence-electron chi connectivity index (χ0n) is 17.9. The summed E-state index contributed by atoms with van der Waals surface area (Å²) in [7, 11) is 0. The molecule has 3 aromatic rings. The molecule has 1 aliphatic rings. The standard InChI is InChI=1S/C23H29N5O2/c1-17(2)23-25-18(3)12-22(26-23)30-15-21-14-27(10-11-29-21)13-19-4-6-20(7-5-19)28-9-8-24-16-28/h4-9,12,16-17,21H,10-11,13-15H2,1-3H3. The second kappa shape index (κ2) is 9.36. The summed E-state index contributed by atoms with van der Waals surface area (Å²) in [6.45, 7) is 10.00. The van der Waals surface area contributed by atoms with E-state index >= 15 is 0 Å². The number of aromatic nitrogens is 4. The van der Waals surface area contributed by atoms with Gasteiger partial charge < -0.3 is 14.0 Å². The predicted octanol–water partition coefficient (Wildman–Crippen LogP) is 3.37. The van der Waals surface area contributed by atoms with Crippen molar-refractivity contribution in [1.29, 1.82) is 0 Å². The zero-order valence-corrected chi connectivity index (χ0v) is 17.9. The van der Waals surface area contributed by atoms with Gasteiger partial charge in [0.15, 0.2) is 0 Å². The maximum absolute atomic E-state index is 5.96. The summed E-state index contributed by atoms with van der Waals surface area (Å²) < 4.78 is 13.9. The first-order valence-corrected chi connectivity index (χ1v) is 10.5. The highest BCUT2D eigenvalue weighted by atomic mass is 16.5. The lowest BCUT2D eigenvalue weighted by Gasteiger charge is -2.32. The van der Waals surface area contributed by atoms with Crippen LogP contribution in [0.2, 0.25) is 0 Å². The van der Waals surface area contributed by atoms with E-state index in [9.17, 15) is 0 Å². The summed E-state index contributed by atoms with van der Waals surface area (Å²) in [6.07, 6.45) is 5.58. The van der Waals surface area contributed by atoms with Crippen LogP contribution in [0, 0.1) is 6.92 Å². The highest BCUT2D eigenvalue weighted by molar-refractivity contribution is 5.34. The van der Waals surface area contributed by atoms with E-state index < -0.39 is 0 Å². The average molecular weight is 408 g/mol. The van der Waals surface area contributed by atoms with Gasteiger partial charge in [-0.25, -0.2) is 9.97 Å². The van der Waals surface area contributed by atoms with Crippen molar-refractivity contribution in [3.8, 4) is 11.6 Å². The SMILES string of the molecule is Cc1cc(OCC2CN(Cc3ccc(-n4ccnc4)cc3)CCO2)nc(C(C)C)n1. The number of ether oxygens (including phenoxy) is 2. The monoisotopic (exact) mass is 407 g/mol. The number of hydrogen-bond acceptors (Lipinski definition) is 6. The third-order valence-electron chi connectivity index (χ3n) is 5.15. The van der Waals surface area contributed by atoms with Crippen molar-refractivity contribution in [3.63, 3.8) is 0 Å². The Labute approximate surface area is 177 Å². The summed E-state index contributed by atoms with van der Waals surface area (Å²) in [5.41, 5.74) is 3.33. The van der Waals surface area contributed by atoms with E-state index in [4.69, 9.17) is 9.47 Å². The Bertz CT molecular complexity index is 941. The second-order valence-electron chi connectivity index (χ2n) is 8.04. The maximum atomic E-state index is 5.96. The highest BCUT2D eigenvalue weighted by Gasteiger charge is 2.21.